The van der Waals surface area contributed by atoms with E-state index >= 15 is 0 Å². The van der Waals surface area contributed by atoms with E-state index in [1.165, 1.54) is 18.4 Å². The lowest BCUT2D eigenvalue weighted by Gasteiger charge is -2.22. The van der Waals surface area contributed by atoms with Gasteiger partial charge in [0.05, 0.1) is 0 Å². The van der Waals surface area contributed by atoms with Gasteiger partial charge in [-0.2, -0.15) is 0 Å². The Bertz CT molecular complexity index is 374. The molecule has 0 aliphatic carbocycles. The van der Waals surface area contributed by atoms with Gasteiger partial charge in [-0.25, -0.2) is 0 Å². The van der Waals surface area contributed by atoms with Gasteiger partial charge in [-0.3, -0.25) is 9.78 Å². The molecular weight excluding hydrogens is 238 g/mol. The van der Waals surface area contributed by atoms with Crippen molar-refractivity contribution in [2.24, 2.45) is 5.92 Å². The second-order valence-electron chi connectivity index (χ2n) is 5.19. The van der Waals surface area contributed by atoms with Crippen molar-refractivity contribution in [3.05, 3.63) is 30.1 Å². The van der Waals surface area contributed by atoms with Crippen LogP contribution in [0.25, 0.3) is 0 Å². The Morgan fingerprint density at radius 2 is 2.26 bits per heavy atom. The van der Waals surface area contributed by atoms with Crippen LogP contribution in [0.1, 0.15) is 31.2 Å². The number of aromatic nitrogens is 1. The Hall–Kier alpha value is -1.42. The summed E-state index contributed by atoms with van der Waals surface area (Å²) in [4.78, 5) is 15.8. The third-order valence-electron chi connectivity index (χ3n) is 3.70. The Balaban J connectivity index is 1.57. The molecule has 0 radical (unpaired) electrons. The summed E-state index contributed by atoms with van der Waals surface area (Å²) in [6.07, 6.45) is 8.58. The van der Waals surface area contributed by atoms with Crippen LogP contribution < -0.4 is 10.6 Å². The van der Waals surface area contributed by atoms with Gasteiger partial charge in [-0.1, -0.05) is 6.07 Å². The topological polar surface area (TPSA) is 54.0 Å². The molecule has 104 valence electrons. The molecule has 4 nitrogen and oxygen atoms in total. The van der Waals surface area contributed by atoms with Crippen molar-refractivity contribution in [1.29, 1.82) is 0 Å². The quantitative estimate of drug-likeness (QED) is 0.816. The number of nitrogens with one attached hydrogen (secondary N) is 2. The molecule has 1 amide bonds. The lowest BCUT2D eigenvalue weighted by molar-refractivity contribution is -0.121. The SMILES string of the molecule is O=C(CCC1CCNCC1)NCCc1cccnc1. The molecule has 0 bridgehead atoms. The van der Waals surface area contributed by atoms with E-state index in [4.69, 9.17) is 0 Å². The number of amides is 1. The Kier molecular flexibility index (Phi) is 5.82. The van der Waals surface area contributed by atoms with Crippen molar-refractivity contribution in [1.82, 2.24) is 15.6 Å². The molecule has 0 atom stereocenters. The molecule has 2 rings (SSSR count). The fraction of sp³-hybridized carbons (Fsp3) is 0.600. The summed E-state index contributed by atoms with van der Waals surface area (Å²) in [5, 5.41) is 6.34. The largest absolute Gasteiger partial charge is 0.356 e. The predicted molar refractivity (Wildman–Crippen MR) is 75.8 cm³/mol. The number of rotatable bonds is 6. The highest BCUT2D eigenvalue weighted by atomic mass is 16.1. The number of piperidine rings is 1. The van der Waals surface area contributed by atoms with E-state index < -0.39 is 0 Å². The normalized spacial score (nSPS) is 16.2. The van der Waals surface area contributed by atoms with Crippen LogP contribution in [0.2, 0.25) is 0 Å². The predicted octanol–water partition coefficient (Wildman–Crippen LogP) is 1.52. The van der Waals surface area contributed by atoms with Gasteiger partial charge in [0.15, 0.2) is 0 Å². The highest BCUT2D eigenvalue weighted by molar-refractivity contribution is 5.75. The maximum absolute atomic E-state index is 11.7. The monoisotopic (exact) mass is 261 g/mol. The summed E-state index contributed by atoms with van der Waals surface area (Å²) in [6, 6.07) is 3.96. The lowest BCUT2D eigenvalue weighted by atomic mass is 9.93. The van der Waals surface area contributed by atoms with Crippen LogP contribution >= 0.6 is 0 Å². The summed E-state index contributed by atoms with van der Waals surface area (Å²) in [5.41, 5.74) is 1.17. The van der Waals surface area contributed by atoms with Gasteiger partial charge >= 0.3 is 0 Å². The zero-order valence-electron chi connectivity index (χ0n) is 11.4. The zero-order valence-corrected chi connectivity index (χ0v) is 11.4. The van der Waals surface area contributed by atoms with Gasteiger partial charge in [-0.05, 0) is 56.3 Å². The molecule has 0 spiro atoms. The summed E-state index contributed by atoms with van der Waals surface area (Å²) in [5.74, 6) is 0.910. The molecule has 1 aromatic heterocycles. The fourth-order valence-corrected chi connectivity index (χ4v) is 2.49. The molecule has 1 aliphatic heterocycles. The van der Waals surface area contributed by atoms with Crippen molar-refractivity contribution in [3.8, 4) is 0 Å². The molecule has 1 aromatic rings. The lowest BCUT2D eigenvalue weighted by Crippen LogP contribution is -2.30. The van der Waals surface area contributed by atoms with E-state index in [1.54, 1.807) is 6.20 Å². The first kappa shape index (κ1) is 14.0. The van der Waals surface area contributed by atoms with E-state index in [1.807, 2.05) is 18.3 Å². The second-order valence-corrected chi connectivity index (χ2v) is 5.19. The van der Waals surface area contributed by atoms with Crippen LogP contribution in [0.15, 0.2) is 24.5 Å². The number of carbonyl (C=O) groups is 1. The molecule has 0 aromatic carbocycles. The molecular formula is C15H23N3O. The number of hydrogen-bond donors (Lipinski definition) is 2. The van der Waals surface area contributed by atoms with Crippen molar-refractivity contribution in [2.75, 3.05) is 19.6 Å². The first-order valence-electron chi connectivity index (χ1n) is 7.21. The van der Waals surface area contributed by atoms with E-state index in [9.17, 15) is 4.79 Å². The van der Waals surface area contributed by atoms with Crippen LogP contribution in [-0.2, 0) is 11.2 Å². The van der Waals surface area contributed by atoms with E-state index in [-0.39, 0.29) is 5.91 Å². The van der Waals surface area contributed by atoms with Crippen molar-refractivity contribution < 1.29 is 4.79 Å². The molecule has 0 saturated carbocycles. The highest BCUT2D eigenvalue weighted by Gasteiger charge is 2.14. The molecule has 1 aliphatic rings. The van der Waals surface area contributed by atoms with Crippen LogP contribution in [-0.4, -0.2) is 30.5 Å². The Labute approximate surface area is 115 Å². The summed E-state index contributed by atoms with van der Waals surface area (Å²) in [6.45, 7) is 2.91. The van der Waals surface area contributed by atoms with Crippen LogP contribution in [0.3, 0.4) is 0 Å². The molecule has 2 heterocycles. The van der Waals surface area contributed by atoms with Crippen LogP contribution in [0.4, 0.5) is 0 Å². The number of hydrogen-bond acceptors (Lipinski definition) is 3. The van der Waals surface area contributed by atoms with Gasteiger partial charge in [0.25, 0.3) is 0 Å². The molecule has 4 heteroatoms. The third kappa shape index (κ3) is 5.39. The maximum Gasteiger partial charge on any atom is 0.220 e. The number of pyridine rings is 1. The van der Waals surface area contributed by atoms with Crippen molar-refractivity contribution in [2.45, 2.75) is 32.1 Å². The van der Waals surface area contributed by atoms with Gasteiger partial charge in [0.1, 0.15) is 0 Å². The summed E-state index contributed by atoms with van der Waals surface area (Å²) < 4.78 is 0. The maximum atomic E-state index is 11.7. The summed E-state index contributed by atoms with van der Waals surface area (Å²) >= 11 is 0. The minimum absolute atomic E-state index is 0.183. The highest BCUT2D eigenvalue weighted by Crippen LogP contribution is 2.17. The third-order valence-corrected chi connectivity index (χ3v) is 3.70. The minimum atomic E-state index is 0.183. The Morgan fingerprint density at radius 1 is 1.42 bits per heavy atom. The first-order chi connectivity index (χ1) is 9.34. The average Bonchev–Trinajstić information content (AvgIpc) is 2.47. The van der Waals surface area contributed by atoms with Crippen LogP contribution in [0.5, 0.6) is 0 Å². The van der Waals surface area contributed by atoms with Crippen LogP contribution in [0, 0.1) is 5.92 Å². The van der Waals surface area contributed by atoms with Gasteiger partial charge in [-0.15, -0.1) is 0 Å². The standard InChI is InChI=1S/C15H23N3O/c19-15(4-3-13-5-9-16-10-6-13)18-11-7-14-2-1-8-17-12-14/h1-2,8,12-13,16H,3-7,9-11H2,(H,18,19). The van der Waals surface area contributed by atoms with E-state index in [0.717, 1.165) is 31.8 Å². The Morgan fingerprint density at radius 3 is 3.00 bits per heavy atom. The molecule has 0 unspecified atom stereocenters. The zero-order chi connectivity index (χ0) is 13.3. The molecule has 1 saturated heterocycles. The number of nitrogens with zero attached hydrogens (tertiary/aromatic N) is 1. The molecule has 2 N–H and O–H groups in total. The van der Waals surface area contributed by atoms with Gasteiger partial charge in [0, 0.05) is 25.4 Å². The second kappa shape index (κ2) is 7.89. The van der Waals surface area contributed by atoms with Crippen molar-refractivity contribution in [3.63, 3.8) is 0 Å². The first-order valence-corrected chi connectivity index (χ1v) is 7.21. The number of carbonyl (C=O) groups excluding carboxylic acids is 1. The van der Waals surface area contributed by atoms with Crippen molar-refractivity contribution >= 4 is 5.91 Å². The average molecular weight is 261 g/mol. The van der Waals surface area contributed by atoms with Gasteiger partial charge in [0.2, 0.25) is 5.91 Å². The van der Waals surface area contributed by atoms with Gasteiger partial charge < -0.3 is 10.6 Å². The smallest absolute Gasteiger partial charge is 0.220 e. The minimum Gasteiger partial charge on any atom is -0.356 e. The van der Waals surface area contributed by atoms with E-state index in [2.05, 4.69) is 15.6 Å². The summed E-state index contributed by atoms with van der Waals surface area (Å²) in [7, 11) is 0. The fourth-order valence-electron chi connectivity index (χ4n) is 2.49. The van der Waals surface area contributed by atoms with E-state index in [0.29, 0.717) is 13.0 Å². The molecule has 1 fully saturated rings. The molecule has 19 heavy (non-hydrogen) atoms.